The molecule has 0 saturated carbocycles. The fourth-order valence-electron chi connectivity index (χ4n) is 4.45. The minimum absolute atomic E-state index is 0.0369. The van der Waals surface area contributed by atoms with Gasteiger partial charge < -0.3 is 20.2 Å². The second-order valence-corrected chi connectivity index (χ2v) is 8.51. The van der Waals surface area contributed by atoms with E-state index < -0.39 is 0 Å². The van der Waals surface area contributed by atoms with Crippen LogP contribution in [0.4, 0.5) is 5.82 Å². The number of nitrogens with zero attached hydrogens (tertiary/aromatic N) is 4. The number of aromatic amines is 2. The minimum Gasteiger partial charge on any atom is -0.361 e. The van der Waals surface area contributed by atoms with Crippen LogP contribution in [0, 0.1) is 5.92 Å². The number of aromatic nitrogens is 5. The molecule has 1 aromatic carbocycles. The van der Waals surface area contributed by atoms with Crippen LogP contribution in [0.15, 0.2) is 36.8 Å². The van der Waals surface area contributed by atoms with Gasteiger partial charge in [-0.1, -0.05) is 18.2 Å². The number of hydrogen-bond acceptors (Lipinski definition) is 5. The maximum atomic E-state index is 13.0. The first-order valence-electron chi connectivity index (χ1n) is 10.6. The van der Waals surface area contributed by atoms with Crippen molar-refractivity contribution in [1.82, 2.24) is 30.2 Å². The Morgan fingerprint density at radius 1 is 1.32 bits per heavy atom. The van der Waals surface area contributed by atoms with Crippen molar-refractivity contribution in [3.8, 4) is 0 Å². The molecule has 0 spiro atoms. The summed E-state index contributed by atoms with van der Waals surface area (Å²) in [6.07, 6.45) is 6.16. The summed E-state index contributed by atoms with van der Waals surface area (Å²) >= 11 is 6.09. The number of benzene rings is 1. The second kappa shape index (κ2) is 8.19. The van der Waals surface area contributed by atoms with Crippen molar-refractivity contribution in [3.63, 3.8) is 0 Å². The molecule has 1 saturated heterocycles. The third-order valence-corrected chi connectivity index (χ3v) is 6.09. The van der Waals surface area contributed by atoms with Crippen LogP contribution >= 0.6 is 11.6 Å². The number of hydrogen-bond donors (Lipinski definition) is 3. The molecule has 0 bridgehead atoms. The molecule has 1 aliphatic heterocycles. The van der Waals surface area contributed by atoms with Gasteiger partial charge in [-0.15, -0.1) is 0 Å². The van der Waals surface area contributed by atoms with E-state index in [1.54, 1.807) is 6.33 Å². The molecule has 4 aromatic rings. The predicted molar refractivity (Wildman–Crippen MR) is 121 cm³/mol. The number of nitrogens with one attached hydrogen (secondary N) is 3. The van der Waals surface area contributed by atoms with Gasteiger partial charge >= 0.3 is 0 Å². The highest BCUT2D eigenvalue weighted by Gasteiger charge is 2.29. The van der Waals surface area contributed by atoms with Crippen LogP contribution in [0.25, 0.3) is 22.1 Å². The monoisotopic (exact) mass is 437 g/mol. The zero-order valence-corrected chi connectivity index (χ0v) is 18.0. The average molecular weight is 438 g/mol. The van der Waals surface area contributed by atoms with E-state index in [9.17, 15) is 4.79 Å². The molecule has 0 unspecified atom stereocenters. The Morgan fingerprint density at radius 3 is 3.10 bits per heavy atom. The maximum absolute atomic E-state index is 13.0. The van der Waals surface area contributed by atoms with E-state index in [1.165, 1.54) is 10.9 Å². The van der Waals surface area contributed by atoms with E-state index >= 15 is 0 Å². The summed E-state index contributed by atoms with van der Waals surface area (Å²) in [5.41, 5.74) is 3.62. The summed E-state index contributed by atoms with van der Waals surface area (Å²) in [5, 5.41) is 4.58. The van der Waals surface area contributed by atoms with Gasteiger partial charge in [0.2, 0.25) is 11.2 Å². The number of fused-ring (bicyclic) bond motifs is 2. The van der Waals surface area contributed by atoms with E-state index in [1.807, 2.05) is 18.3 Å². The van der Waals surface area contributed by atoms with E-state index in [2.05, 4.69) is 54.2 Å². The van der Waals surface area contributed by atoms with Gasteiger partial charge in [0.25, 0.3) is 0 Å². The SMILES string of the molecule is C[C@@H](Cc1c[nH]c2ccccc12)NC(=O)[C@@H]1CCCN(c2nc(Cl)nc3nc[nH]c23)C1. The molecule has 0 radical (unpaired) electrons. The standard InChI is InChI=1S/C22H24ClN7O/c1-13(9-15-10-24-17-7-3-2-6-16(15)17)27-21(31)14-5-4-8-30(11-14)20-18-19(26-12-25-18)28-22(23)29-20/h2-3,6-7,10,12-14,24H,4-5,8-9,11H2,1H3,(H,27,31)(H,25,26,28,29)/t13-,14+/m0/s1. The number of amides is 1. The number of H-pyrrole nitrogens is 2. The number of carbonyl (C=O) groups excluding carboxylic acids is 1. The van der Waals surface area contributed by atoms with Gasteiger partial charge in [0.15, 0.2) is 11.5 Å². The van der Waals surface area contributed by atoms with Gasteiger partial charge in [0.1, 0.15) is 5.52 Å². The van der Waals surface area contributed by atoms with E-state index in [-0.39, 0.29) is 23.2 Å². The van der Waals surface area contributed by atoms with Gasteiger partial charge in [0.05, 0.1) is 12.2 Å². The summed E-state index contributed by atoms with van der Waals surface area (Å²) in [6.45, 7) is 3.46. The predicted octanol–water partition coefficient (Wildman–Crippen LogP) is 3.45. The molecular weight excluding hydrogens is 414 g/mol. The van der Waals surface area contributed by atoms with Crippen LogP contribution in [0.2, 0.25) is 5.28 Å². The van der Waals surface area contributed by atoms with Gasteiger partial charge in [-0.3, -0.25) is 4.79 Å². The lowest BCUT2D eigenvalue weighted by atomic mass is 9.96. The van der Waals surface area contributed by atoms with Crippen molar-refractivity contribution in [2.45, 2.75) is 32.2 Å². The van der Waals surface area contributed by atoms with Gasteiger partial charge in [-0.25, -0.2) is 4.98 Å². The van der Waals surface area contributed by atoms with Crippen LogP contribution in [-0.2, 0) is 11.2 Å². The molecule has 2 atom stereocenters. The number of halogens is 1. The molecule has 9 heteroatoms. The number of anilines is 1. The number of para-hydroxylation sites is 1. The van der Waals surface area contributed by atoms with Crippen molar-refractivity contribution in [2.75, 3.05) is 18.0 Å². The molecular formula is C22H24ClN7O. The lowest BCUT2D eigenvalue weighted by molar-refractivity contribution is -0.125. The topological polar surface area (TPSA) is 103 Å². The quantitative estimate of drug-likeness (QED) is 0.415. The fraction of sp³-hybridized carbons (Fsp3) is 0.364. The smallest absolute Gasteiger partial charge is 0.226 e. The highest BCUT2D eigenvalue weighted by molar-refractivity contribution is 6.28. The van der Waals surface area contributed by atoms with E-state index in [0.29, 0.717) is 18.0 Å². The van der Waals surface area contributed by atoms with Crippen LogP contribution in [0.1, 0.15) is 25.3 Å². The first kappa shape index (κ1) is 19.8. The molecule has 160 valence electrons. The highest BCUT2D eigenvalue weighted by atomic mass is 35.5. The molecule has 1 fully saturated rings. The number of carbonyl (C=O) groups is 1. The van der Waals surface area contributed by atoms with Gasteiger partial charge in [-0.05, 0) is 49.4 Å². The summed E-state index contributed by atoms with van der Waals surface area (Å²) < 4.78 is 0. The largest absolute Gasteiger partial charge is 0.361 e. The second-order valence-electron chi connectivity index (χ2n) is 8.18. The molecule has 8 nitrogen and oxygen atoms in total. The Kier molecular flexibility index (Phi) is 5.23. The Balaban J connectivity index is 1.26. The molecule has 3 aromatic heterocycles. The highest BCUT2D eigenvalue weighted by Crippen LogP contribution is 2.28. The van der Waals surface area contributed by atoms with Crippen molar-refractivity contribution >= 4 is 45.4 Å². The summed E-state index contributed by atoms with van der Waals surface area (Å²) in [4.78, 5) is 34.3. The first-order chi connectivity index (χ1) is 15.1. The zero-order valence-electron chi connectivity index (χ0n) is 17.2. The average Bonchev–Trinajstić information content (AvgIpc) is 3.40. The third-order valence-electron chi connectivity index (χ3n) is 5.92. The molecule has 1 amide bonds. The number of imidazole rings is 1. The summed E-state index contributed by atoms with van der Waals surface area (Å²) in [6, 6.07) is 8.27. The maximum Gasteiger partial charge on any atom is 0.226 e. The summed E-state index contributed by atoms with van der Waals surface area (Å²) in [5.74, 6) is 0.681. The van der Waals surface area contributed by atoms with Crippen LogP contribution in [-0.4, -0.2) is 50.0 Å². The lowest BCUT2D eigenvalue weighted by Crippen LogP contribution is -2.46. The lowest BCUT2D eigenvalue weighted by Gasteiger charge is -2.33. The van der Waals surface area contributed by atoms with Crippen LogP contribution in [0.5, 0.6) is 0 Å². The van der Waals surface area contributed by atoms with Crippen molar-refractivity contribution in [1.29, 1.82) is 0 Å². The minimum atomic E-state index is -0.106. The first-order valence-corrected chi connectivity index (χ1v) is 10.9. The Bertz CT molecular complexity index is 1230. The number of piperidine rings is 1. The molecule has 0 aliphatic carbocycles. The number of rotatable bonds is 5. The van der Waals surface area contributed by atoms with Crippen LogP contribution < -0.4 is 10.2 Å². The van der Waals surface area contributed by atoms with Crippen molar-refractivity contribution < 1.29 is 4.79 Å². The molecule has 31 heavy (non-hydrogen) atoms. The van der Waals surface area contributed by atoms with Crippen LogP contribution in [0.3, 0.4) is 0 Å². The fourth-order valence-corrected chi connectivity index (χ4v) is 4.61. The summed E-state index contributed by atoms with van der Waals surface area (Å²) in [7, 11) is 0. The van der Waals surface area contributed by atoms with Gasteiger partial charge in [-0.2, -0.15) is 9.97 Å². The van der Waals surface area contributed by atoms with E-state index in [0.717, 1.165) is 36.8 Å². The molecule has 3 N–H and O–H groups in total. The Labute approximate surface area is 184 Å². The van der Waals surface area contributed by atoms with Gasteiger partial charge in [0, 0.05) is 36.2 Å². The van der Waals surface area contributed by atoms with Crippen molar-refractivity contribution in [2.24, 2.45) is 5.92 Å². The van der Waals surface area contributed by atoms with E-state index in [4.69, 9.17) is 11.6 Å². The van der Waals surface area contributed by atoms with Crippen molar-refractivity contribution in [3.05, 3.63) is 47.6 Å². The Hall–Kier alpha value is -3.13. The Morgan fingerprint density at radius 2 is 2.19 bits per heavy atom. The third kappa shape index (κ3) is 3.95. The normalized spacial score (nSPS) is 17.9. The molecule has 5 rings (SSSR count). The molecule has 4 heterocycles. The zero-order chi connectivity index (χ0) is 21.4. The molecule has 1 aliphatic rings.